The van der Waals surface area contributed by atoms with Gasteiger partial charge in [0.05, 0.1) is 18.0 Å². The summed E-state index contributed by atoms with van der Waals surface area (Å²) in [4.78, 5) is 26.1. The van der Waals surface area contributed by atoms with Gasteiger partial charge in [-0.15, -0.1) is 11.8 Å². The van der Waals surface area contributed by atoms with Gasteiger partial charge in [-0.2, -0.15) is 0 Å². The molecule has 4 nitrogen and oxygen atoms in total. The highest BCUT2D eigenvalue weighted by molar-refractivity contribution is 8.00. The van der Waals surface area contributed by atoms with Gasteiger partial charge in [0.2, 0.25) is 11.8 Å². The largest absolute Gasteiger partial charge is 0.366 e. The number of fused-ring (bicyclic) bond motifs is 1. The minimum Gasteiger partial charge on any atom is -0.366 e. The van der Waals surface area contributed by atoms with Gasteiger partial charge in [0.1, 0.15) is 0 Å². The number of primary amides is 1. The lowest BCUT2D eigenvalue weighted by Gasteiger charge is -2.29. The molecule has 1 aliphatic rings. The van der Waals surface area contributed by atoms with E-state index in [1.54, 1.807) is 23.1 Å². The van der Waals surface area contributed by atoms with Gasteiger partial charge < -0.3 is 10.6 Å². The van der Waals surface area contributed by atoms with Crippen molar-refractivity contribution in [2.45, 2.75) is 11.4 Å². The highest BCUT2D eigenvalue weighted by Gasteiger charge is 2.25. The molecule has 1 aliphatic heterocycles. The predicted octanol–water partition coefficient (Wildman–Crippen LogP) is 2.42. The van der Waals surface area contributed by atoms with E-state index in [1.165, 1.54) is 11.8 Å². The van der Waals surface area contributed by atoms with E-state index in [0.29, 0.717) is 17.9 Å². The molecule has 106 valence electrons. The second-order valence-electron chi connectivity index (χ2n) is 4.80. The number of anilines is 1. The van der Waals surface area contributed by atoms with Crippen LogP contribution >= 0.6 is 11.8 Å². The first-order valence-electron chi connectivity index (χ1n) is 6.56. The first kappa shape index (κ1) is 13.7. The van der Waals surface area contributed by atoms with E-state index in [9.17, 15) is 9.59 Å². The SMILES string of the molecule is NC(=O)c1ccc2c(c1)SCC(=O)N2Cc1ccccc1. The number of carbonyl (C=O) groups excluding carboxylic acids is 2. The Morgan fingerprint density at radius 3 is 2.67 bits per heavy atom. The van der Waals surface area contributed by atoms with E-state index in [2.05, 4.69) is 0 Å². The Kier molecular flexibility index (Phi) is 3.66. The van der Waals surface area contributed by atoms with Crippen LogP contribution in [0.2, 0.25) is 0 Å². The molecule has 2 amide bonds. The van der Waals surface area contributed by atoms with Crippen LogP contribution in [-0.2, 0) is 11.3 Å². The number of nitrogens with two attached hydrogens (primary N) is 1. The molecular weight excluding hydrogens is 284 g/mol. The monoisotopic (exact) mass is 298 g/mol. The van der Waals surface area contributed by atoms with E-state index in [4.69, 9.17) is 5.73 Å². The summed E-state index contributed by atoms with van der Waals surface area (Å²) < 4.78 is 0. The standard InChI is InChI=1S/C16H14N2O2S/c17-16(20)12-6-7-13-14(8-12)21-10-15(19)18(13)9-11-4-2-1-3-5-11/h1-8H,9-10H2,(H2,17,20). The zero-order valence-electron chi connectivity index (χ0n) is 11.3. The molecule has 0 radical (unpaired) electrons. The summed E-state index contributed by atoms with van der Waals surface area (Å²) in [6, 6.07) is 15.1. The third-order valence-corrected chi connectivity index (χ3v) is 4.40. The van der Waals surface area contributed by atoms with Crippen molar-refractivity contribution in [3.8, 4) is 0 Å². The normalized spacial score (nSPS) is 13.9. The molecule has 0 atom stereocenters. The van der Waals surface area contributed by atoms with E-state index >= 15 is 0 Å². The van der Waals surface area contributed by atoms with Crippen molar-refractivity contribution in [2.24, 2.45) is 5.73 Å². The van der Waals surface area contributed by atoms with Gasteiger partial charge in [-0.25, -0.2) is 0 Å². The number of nitrogens with zero attached hydrogens (tertiary/aromatic N) is 1. The molecule has 0 bridgehead atoms. The molecule has 21 heavy (non-hydrogen) atoms. The lowest BCUT2D eigenvalue weighted by molar-refractivity contribution is -0.116. The molecule has 2 aromatic carbocycles. The molecule has 0 saturated heterocycles. The zero-order chi connectivity index (χ0) is 14.8. The van der Waals surface area contributed by atoms with Crippen LogP contribution in [0.4, 0.5) is 5.69 Å². The first-order chi connectivity index (χ1) is 10.1. The first-order valence-corrected chi connectivity index (χ1v) is 7.54. The Bertz CT molecular complexity index is 701. The third kappa shape index (κ3) is 2.78. The molecule has 0 saturated carbocycles. The summed E-state index contributed by atoms with van der Waals surface area (Å²) in [7, 11) is 0. The minimum atomic E-state index is -0.454. The fraction of sp³-hybridized carbons (Fsp3) is 0.125. The molecule has 0 spiro atoms. The fourth-order valence-corrected chi connectivity index (χ4v) is 3.27. The van der Waals surface area contributed by atoms with E-state index in [0.717, 1.165) is 16.1 Å². The maximum Gasteiger partial charge on any atom is 0.248 e. The topological polar surface area (TPSA) is 63.4 Å². The zero-order valence-corrected chi connectivity index (χ0v) is 12.1. The Balaban J connectivity index is 1.95. The molecule has 0 unspecified atom stereocenters. The number of hydrogen-bond donors (Lipinski definition) is 1. The number of thioether (sulfide) groups is 1. The second kappa shape index (κ2) is 5.61. The van der Waals surface area contributed by atoms with Crippen LogP contribution in [0.15, 0.2) is 53.4 Å². The summed E-state index contributed by atoms with van der Waals surface area (Å²) >= 11 is 1.44. The molecule has 0 fully saturated rings. The van der Waals surface area contributed by atoms with Gasteiger partial charge in [0, 0.05) is 10.5 Å². The van der Waals surface area contributed by atoms with Crippen molar-refractivity contribution >= 4 is 29.3 Å². The van der Waals surface area contributed by atoms with E-state index in [1.807, 2.05) is 30.3 Å². The van der Waals surface area contributed by atoms with Gasteiger partial charge in [-0.05, 0) is 23.8 Å². The Morgan fingerprint density at radius 2 is 1.95 bits per heavy atom. The number of benzene rings is 2. The number of rotatable bonds is 3. The van der Waals surface area contributed by atoms with Crippen LogP contribution in [0, 0.1) is 0 Å². The third-order valence-electron chi connectivity index (χ3n) is 3.37. The predicted molar refractivity (Wildman–Crippen MR) is 83.3 cm³/mol. The summed E-state index contributed by atoms with van der Waals surface area (Å²) in [5.41, 5.74) is 7.68. The van der Waals surface area contributed by atoms with Gasteiger partial charge >= 0.3 is 0 Å². The Hall–Kier alpha value is -2.27. The van der Waals surface area contributed by atoms with Crippen molar-refractivity contribution in [3.63, 3.8) is 0 Å². The van der Waals surface area contributed by atoms with Gasteiger partial charge in [-0.1, -0.05) is 30.3 Å². The summed E-state index contributed by atoms with van der Waals surface area (Å²) in [5.74, 6) is -0.00437. The summed E-state index contributed by atoms with van der Waals surface area (Å²) in [5, 5.41) is 0. The smallest absolute Gasteiger partial charge is 0.248 e. The number of amides is 2. The van der Waals surface area contributed by atoms with Crippen molar-refractivity contribution in [3.05, 3.63) is 59.7 Å². The summed E-state index contributed by atoms with van der Waals surface area (Å²) in [6.07, 6.45) is 0. The quantitative estimate of drug-likeness (QED) is 0.946. The van der Waals surface area contributed by atoms with Crippen LogP contribution < -0.4 is 10.6 Å². The van der Waals surface area contributed by atoms with Crippen LogP contribution in [0.3, 0.4) is 0 Å². The van der Waals surface area contributed by atoms with E-state index < -0.39 is 5.91 Å². The van der Waals surface area contributed by atoms with Crippen LogP contribution in [0.1, 0.15) is 15.9 Å². The highest BCUT2D eigenvalue weighted by atomic mass is 32.2. The molecule has 3 rings (SSSR count). The van der Waals surface area contributed by atoms with Gasteiger partial charge in [0.15, 0.2) is 0 Å². The van der Waals surface area contributed by atoms with Crippen molar-refractivity contribution in [1.29, 1.82) is 0 Å². The highest BCUT2D eigenvalue weighted by Crippen LogP contribution is 2.36. The lowest BCUT2D eigenvalue weighted by atomic mass is 10.1. The average molecular weight is 298 g/mol. The average Bonchev–Trinajstić information content (AvgIpc) is 2.50. The Morgan fingerprint density at radius 1 is 1.19 bits per heavy atom. The Labute approximate surface area is 126 Å². The molecule has 0 aliphatic carbocycles. The van der Waals surface area contributed by atoms with Gasteiger partial charge in [-0.3, -0.25) is 9.59 Å². The molecule has 5 heteroatoms. The molecule has 2 N–H and O–H groups in total. The molecular formula is C16H14N2O2S. The second-order valence-corrected chi connectivity index (χ2v) is 5.82. The molecule has 2 aromatic rings. The maximum atomic E-state index is 12.2. The van der Waals surface area contributed by atoms with Crippen molar-refractivity contribution in [1.82, 2.24) is 0 Å². The van der Waals surface area contributed by atoms with Gasteiger partial charge in [0.25, 0.3) is 0 Å². The number of hydrogen-bond acceptors (Lipinski definition) is 3. The summed E-state index contributed by atoms with van der Waals surface area (Å²) in [6.45, 7) is 0.531. The van der Waals surface area contributed by atoms with Crippen LogP contribution in [-0.4, -0.2) is 17.6 Å². The lowest BCUT2D eigenvalue weighted by Crippen LogP contribution is -2.34. The maximum absolute atomic E-state index is 12.2. The van der Waals surface area contributed by atoms with Crippen LogP contribution in [0.25, 0.3) is 0 Å². The van der Waals surface area contributed by atoms with Crippen molar-refractivity contribution < 1.29 is 9.59 Å². The fourth-order valence-electron chi connectivity index (χ4n) is 2.30. The van der Waals surface area contributed by atoms with Crippen LogP contribution in [0.5, 0.6) is 0 Å². The number of carbonyl (C=O) groups is 2. The van der Waals surface area contributed by atoms with E-state index in [-0.39, 0.29) is 5.91 Å². The molecule has 0 aromatic heterocycles. The van der Waals surface area contributed by atoms with Crippen molar-refractivity contribution in [2.75, 3.05) is 10.7 Å². The molecule has 1 heterocycles. The minimum absolute atomic E-state index is 0.0724.